The summed E-state index contributed by atoms with van der Waals surface area (Å²) in [5.74, 6) is -7.53. The molecule has 2 amide bonds. The number of ketones is 1. The van der Waals surface area contributed by atoms with Gasteiger partial charge in [-0.05, 0) is 35.0 Å². The number of amides is 2. The molecule has 0 spiro atoms. The normalized spacial score (nSPS) is 17.9. The fourth-order valence-electron chi connectivity index (χ4n) is 3.93. The molecule has 1 aromatic heterocycles. The summed E-state index contributed by atoms with van der Waals surface area (Å²) in [5.41, 5.74) is 8.45. The van der Waals surface area contributed by atoms with Gasteiger partial charge in [0.15, 0.2) is 0 Å². The first kappa shape index (κ1) is 29.5. The number of halogens is 3. The van der Waals surface area contributed by atoms with Crippen LogP contribution in [0.3, 0.4) is 0 Å². The Morgan fingerprint density at radius 1 is 1.27 bits per heavy atom. The molecule has 1 fully saturated rings. The van der Waals surface area contributed by atoms with Crippen molar-refractivity contribution in [2.75, 3.05) is 0 Å². The van der Waals surface area contributed by atoms with Crippen molar-refractivity contribution in [1.82, 2.24) is 30.8 Å². The van der Waals surface area contributed by atoms with E-state index in [1.807, 2.05) is 0 Å². The summed E-state index contributed by atoms with van der Waals surface area (Å²) in [6.45, 7) is 1.40. The van der Waals surface area contributed by atoms with E-state index in [-0.39, 0.29) is 10.4 Å². The zero-order valence-electron chi connectivity index (χ0n) is 20.7. The third-order valence-electron chi connectivity index (χ3n) is 6.00. The van der Waals surface area contributed by atoms with Crippen molar-refractivity contribution in [3.63, 3.8) is 0 Å². The molecule has 0 aliphatic carbocycles. The molecular weight excluding hydrogens is 547 g/mol. The van der Waals surface area contributed by atoms with Crippen LogP contribution in [0.1, 0.15) is 25.2 Å². The Morgan fingerprint density at radius 3 is 2.48 bits per heavy atom. The fraction of sp³-hybridized carbons (Fsp3) is 0.429. The number of esters is 1. The first-order valence-corrected chi connectivity index (χ1v) is 11.3. The molecule has 19 heteroatoms. The molecule has 1 aromatic carbocycles. The average Bonchev–Trinajstić information content (AvgIpc) is 3.34. The van der Waals surface area contributed by atoms with Gasteiger partial charge >= 0.3 is 17.9 Å². The number of nitro benzene ring substituents is 1. The van der Waals surface area contributed by atoms with Gasteiger partial charge in [0.2, 0.25) is 11.8 Å². The summed E-state index contributed by atoms with van der Waals surface area (Å²) < 4.78 is 43.9. The summed E-state index contributed by atoms with van der Waals surface area (Å²) in [6.07, 6.45) is -4.90. The molecule has 0 radical (unpaired) electrons. The molecule has 1 saturated heterocycles. The predicted molar refractivity (Wildman–Crippen MR) is 122 cm³/mol. The number of nitrogens with zero attached hydrogens (tertiary/aromatic N) is 7. The Hall–Kier alpha value is -5.06. The van der Waals surface area contributed by atoms with Gasteiger partial charge in [-0.2, -0.15) is 18.0 Å². The Kier molecular flexibility index (Phi) is 8.68. The average molecular weight is 567 g/mol. The Labute approximate surface area is 221 Å². The minimum atomic E-state index is -4.90. The highest BCUT2D eigenvalue weighted by Crippen LogP contribution is 2.28. The second-order valence-corrected chi connectivity index (χ2v) is 8.68. The van der Waals surface area contributed by atoms with Crippen molar-refractivity contribution in [3.05, 3.63) is 51.3 Å². The quantitative estimate of drug-likeness (QED) is 0.0533. The van der Waals surface area contributed by atoms with Gasteiger partial charge in [0.05, 0.1) is 16.9 Å². The maximum atomic E-state index is 12.9. The third kappa shape index (κ3) is 6.49. The molecule has 16 nitrogen and oxygen atoms in total. The Morgan fingerprint density at radius 2 is 1.93 bits per heavy atom. The number of aromatic nitrogens is 4. The number of carbonyl (C=O) groups excluding carboxylic acids is 4. The SMILES string of the molecule is C[C@@H](NC(=O)Cn1nnnc1C(F)(F)F)[C@H]1C(=O)N[C@@H]1[C@@H](C)C(=O)C(=[N+]=[N-])C(=O)OCc1ccc([N+](=O)[O-])cc1. The van der Waals surface area contributed by atoms with Gasteiger partial charge in [0, 0.05) is 24.1 Å². The van der Waals surface area contributed by atoms with E-state index in [0.29, 0.717) is 5.56 Å². The molecule has 40 heavy (non-hydrogen) atoms. The standard InChI is InChI=1S/C21H20F3N9O7/c1-9(17(35)16(28-25)19(37)40-8-11-3-5-12(6-4-11)33(38)39)15-14(18(36)27-15)10(2)26-13(34)7-32-20(21(22,23)24)29-30-31-32/h3-6,9-10,14-15H,7-8H2,1-2H3,(H,26,34)(H,27,36)/t9-,10-,14-,15-/m1/s1. The van der Waals surface area contributed by atoms with Crippen LogP contribution in [0.5, 0.6) is 0 Å². The van der Waals surface area contributed by atoms with Gasteiger partial charge in [0.25, 0.3) is 17.3 Å². The van der Waals surface area contributed by atoms with Crippen molar-refractivity contribution >= 4 is 35.0 Å². The number of alkyl halides is 3. The van der Waals surface area contributed by atoms with E-state index in [2.05, 4.69) is 30.9 Å². The molecule has 212 valence electrons. The lowest BCUT2D eigenvalue weighted by Gasteiger charge is -2.42. The first-order valence-electron chi connectivity index (χ1n) is 11.3. The van der Waals surface area contributed by atoms with E-state index < -0.39 is 83.3 Å². The fourth-order valence-corrected chi connectivity index (χ4v) is 3.93. The maximum absolute atomic E-state index is 12.9. The van der Waals surface area contributed by atoms with Crippen LogP contribution in [0.15, 0.2) is 24.3 Å². The molecule has 0 saturated carbocycles. The number of nitro groups is 1. The highest BCUT2D eigenvalue weighted by molar-refractivity contribution is 6.62. The van der Waals surface area contributed by atoms with Crippen LogP contribution in [-0.2, 0) is 43.2 Å². The topological polar surface area (TPSA) is 225 Å². The van der Waals surface area contributed by atoms with Gasteiger partial charge in [-0.1, -0.05) is 6.92 Å². The summed E-state index contributed by atoms with van der Waals surface area (Å²) in [4.78, 5) is 62.6. The van der Waals surface area contributed by atoms with Crippen LogP contribution in [0, 0.1) is 22.0 Å². The molecule has 2 N–H and O–H groups in total. The highest BCUT2D eigenvalue weighted by atomic mass is 19.4. The van der Waals surface area contributed by atoms with Crippen molar-refractivity contribution in [3.8, 4) is 0 Å². The number of ether oxygens (including phenoxy) is 1. The molecule has 0 bridgehead atoms. The summed E-state index contributed by atoms with van der Waals surface area (Å²) >= 11 is 0. The van der Waals surface area contributed by atoms with Crippen molar-refractivity contribution in [1.29, 1.82) is 0 Å². The number of tetrazole rings is 1. The number of Topliss-reactive ketones (excluding diaryl/α,β-unsaturated/α-hetero) is 1. The number of non-ortho nitro benzene ring substituents is 1. The van der Waals surface area contributed by atoms with Crippen LogP contribution in [0.2, 0.25) is 0 Å². The third-order valence-corrected chi connectivity index (χ3v) is 6.00. The smallest absolute Gasteiger partial charge is 0.452 e. The number of hydrogen-bond acceptors (Lipinski definition) is 10. The van der Waals surface area contributed by atoms with E-state index in [9.17, 15) is 48.0 Å². The lowest BCUT2D eigenvalue weighted by atomic mass is 9.75. The van der Waals surface area contributed by atoms with E-state index in [4.69, 9.17) is 4.74 Å². The lowest BCUT2D eigenvalue weighted by molar-refractivity contribution is -0.384. The molecule has 4 atom stereocenters. The molecule has 2 heterocycles. The van der Waals surface area contributed by atoms with Crippen LogP contribution < -0.4 is 10.6 Å². The number of rotatable bonds is 11. The van der Waals surface area contributed by atoms with Gasteiger partial charge in [-0.15, -0.1) is 5.10 Å². The number of nitrogens with one attached hydrogen (secondary N) is 2. The molecule has 1 aliphatic heterocycles. The van der Waals surface area contributed by atoms with E-state index >= 15 is 0 Å². The van der Waals surface area contributed by atoms with E-state index in [0.717, 1.165) is 0 Å². The minimum Gasteiger partial charge on any atom is -0.452 e. The lowest BCUT2D eigenvalue weighted by Crippen LogP contribution is -2.68. The van der Waals surface area contributed by atoms with Crippen LogP contribution in [0.25, 0.3) is 5.53 Å². The summed E-state index contributed by atoms with van der Waals surface area (Å²) in [6, 6.07) is 3.06. The maximum Gasteiger partial charge on any atom is 0.453 e. The summed E-state index contributed by atoms with van der Waals surface area (Å²) in [7, 11) is 0. The zero-order chi connectivity index (χ0) is 29.8. The highest BCUT2D eigenvalue weighted by Gasteiger charge is 2.51. The first-order chi connectivity index (χ1) is 18.7. The molecule has 1 aliphatic rings. The van der Waals surface area contributed by atoms with Crippen LogP contribution >= 0.6 is 0 Å². The second kappa shape index (κ2) is 11.8. The monoisotopic (exact) mass is 567 g/mol. The minimum absolute atomic E-state index is 0.194. The van der Waals surface area contributed by atoms with Crippen molar-refractivity contribution < 1.29 is 46.8 Å². The summed E-state index contributed by atoms with van der Waals surface area (Å²) in [5, 5.41) is 24.4. The van der Waals surface area contributed by atoms with Crippen molar-refractivity contribution in [2.24, 2.45) is 11.8 Å². The predicted octanol–water partition coefficient (Wildman–Crippen LogP) is -0.161. The van der Waals surface area contributed by atoms with Crippen LogP contribution in [0.4, 0.5) is 18.9 Å². The Balaban J connectivity index is 1.60. The van der Waals surface area contributed by atoms with Crippen LogP contribution in [-0.4, -0.2) is 71.3 Å². The number of β-lactam (4-membered cyclic amide) rings is 1. The zero-order valence-corrected chi connectivity index (χ0v) is 20.7. The second-order valence-electron chi connectivity index (χ2n) is 8.68. The number of hydrogen-bond donors (Lipinski definition) is 2. The molecular formula is C21H20F3N9O7. The largest absolute Gasteiger partial charge is 0.453 e. The van der Waals surface area contributed by atoms with Gasteiger partial charge in [-0.25, -0.2) is 9.48 Å². The van der Waals surface area contributed by atoms with Gasteiger partial charge in [0.1, 0.15) is 13.2 Å². The van der Waals surface area contributed by atoms with E-state index in [1.54, 1.807) is 0 Å². The molecule has 3 rings (SSSR count). The van der Waals surface area contributed by atoms with Crippen molar-refractivity contribution in [2.45, 2.75) is 45.3 Å². The van der Waals surface area contributed by atoms with Gasteiger partial charge in [-0.3, -0.25) is 24.5 Å². The number of benzene rings is 1. The molecule has 2 aromatic rings. The Bertz CT molecular complexity index is 1390. The van der Waals surface area contributed by atoms with Gasteiger partial charge < -0.3 is 20.9 Å². The number of carbonyl (C=O) groups is 4. The van der Waals surface area contributed by atoms with E-state index in [1.165, 1.54) is 38.1 Å². The molecule has 0 unspecified atom stereocenters.